The van der Waals surface area contributed by atoms with Crippen LogP contribution in [0.2, 0.25) is 5.02 Å². The molecule has 0 saturated heterocycles. The fraction of sp³-hybridized carbons (Fsp3) is 0.533. The van der Waals surface area contributed by atoms with Gasteiger partial charge in [0.15, 0.2) is 0 Å². The van der Waals surface area contributed by atoms with E-state index in [0.717, 1.165) is 5.92 Å². The second kappa shape index (κ2) is 7.23. The molecule has 1 aliphatic carbocycles. The summed E-state index contributed by atoms with van der Waals surface area (Å²) in [6.07, 6.45) is 5.06. The number of nitrogens with two attached hydrogens (primary N) is 1. The SMILES string of the molecule is CC1CCCC(SCC(=O)Nc2ccc(Cl)cc2N)C1. The Balaban J connectivity index is 1.80. The van der Waals surface area contributed by atoms with Gasteiger partial charge in [0.05, 0.1) is 17.1 Å². The van der Waals surface area contributed by atoms with Crippen LogP contribution in [-0.2, 0) is 4.79 Å². The van der Waals surface area contributed by atoms with E-state index in [4.69, 9.17) is 17.3 Å². The Labute approximate surface area is 129 Å². The average Bonchev–Trinajstić information content (AvgIpc) is 2.40. The van der Waals surface area contributed by atoms with Crippen molar-refractivity contribution >= 4 is 40.6 Å². The highest BCUT2D eigenvalue weighted by molar-refractivity contribution is 8.00. The van der Waals surface area contributed by atoms with E-state index in [1.54, 1.807) is 30.0 Å². The fourth-order valence-corrected chi connectivity index (χ4v) is 3.99. The highest BCUT2D eigenvalue weighted by atomic mass is 35.5. The number of thioether (sulfide) groups is 1. The first-order valence-corrected chi connectivity index (χ1v) is 8.43. The van der Waals surface area contributed by atoms with Gasteiger partial charge in [0, 0.05) is 10.3 Å². The van der Waals surface area contributed by atoms with E-state index in [1.165, 1.54) is 25.7 Å². The van der Waals surface area contributed by atoms with Gasteiger partial charge in [-0.25, -0.2) is 0 Å². The topological polar surface area (TPSA) is 55.1 Å². The molecule has 20 heavy (non-hydrogen) atoms. The molecule has 0 radical (unpaired) electrons. The van der Waals surface area contributed by atoms with Crippen LogP contribution >= 0.6 is 23.4 Å². The number of carbonyl (C=O) groups is 1. The van der Waals surface area contributed by atoms with E-state index in [0.29, 0.717) is 27.4 Å². The molecule has 110 valence electrons. The molecule has 3 nitrogen and oxygen atoms in total. The number of nitrogens with one attached hydrogen (secondary N) is 1. The Morgan fingerprint density at radius 1 is 1.50 bits per heavy atom. The van der Waals surface area contributed by atoms with Gasteiger partial charge in [0.2, 0.25) is 5.91 Å². The van der Waals surface area contributed by atoms with Gasteiger partial charge in [-0.15, -0.1) is 11.8 Å². The van der Waals surface area contributed by atoms with Gasteiger partial charge >= 0.3 is 0 Å². The van der Waals surface area contributed by atoms with Gasteiger partial charge in [-0.2, -0.15) is 0 Å². The Bertz CT molecular complexity index is 481. The molecule has 2 rings (SSSR count). The zero-order valence-electron chi connectivity index (χ0n) is 11.7. The highest BCUT2D eigenvalue weighted by Crippen LogP contribution is 2.32. The molecule has 1 aromatic carbocycles. The number of carbonyl (C=O) groups excluding carboxylic acids is 1. The number of rotatable bonds is 4. The van der Waals surface area contributed by atoms with Crippen LogP contribution < -0.4 is 11.1 Å². The Morgan fingerprint density at radius 2 is 2.30 bits per heavy atom. The Morgan fingerprint density at radius 3 is 3.00 bits per heavy atom. The molecule has 0 aromatic heterocycles. The van der Waals surface area contributed by atoms with E-state index < -0.39 is 0 Å². The fourth-order valence-electron chi connectivity index (χ4n) is 2.56. The molecular formula is C15H21ClN2OS. The summed E-state index contributed by atoms with van der Waals surface area (Å²) >= 11 is 7.59. The molecule has 0 spiro atoms. The largest absolute Gasteiger partial charge is 0.397 e. The normalized spacial score (nSPS) is 22.5. The van der Waals surface area contributed by atoms with E-state index in [-0.39, 0.29) is 5.91 Å². The molecule has 0 aliphatic heterocycles. The number of hydrogen-bond donors (Lipinski definition) is 2. The quantitative estimate of drug-likeness (QED) is 0.820. The zero-order chi connectivity index (χ0) is 14.5. The van der Waals surface area contributed by atoms with Crippen LogP contribution in [0.3, 0.4) is 0 Å². The van der Waals surface area contributed by atoms with Gasteiger partial charge in [0.1, 0.15) is 0 Å². The van der Waals surface area contributed by atoms with Gasteiger partial charge in [-0.1, -0.05) is 31.4 Å². The van der Waals surface area contributed by atoms with Crippen LogP contribution in [0.25, 0.3) is 0 Å². The van der Waals surface area contributed by atoms with Crippen molar-refractivity contribution < 1.29 is 4.79 Å². The number of nitrogen functional groups attached to an aromatic ring is 1. The number of amides is 1. The molecule has 3 N–H and O–H groups in total. The minimum atomic E-state index is 0.00208. The predicted octanol–water partition coefficient (Wildman–Crippen LogP) is 4.17. The maximum absolute atomic E-state index is 12.0. The number of hydrogen-bond acceptors (Lipinski definition) is 3. The van der Waals surface area contributed by atoms with Crippen LogP contribution in [0.4, 0.5) is 11.4 Å². The lowest BCUT2D eigenvalue weighted by Crippen LogP contribution is -2.20. The van der Waals surface area contributed by atoms with Crippen molar-refractivity contribution in [2.45, 2.75) is 37.9 Å². The summed E-state index contributed by atoms with van der Waals surface area (Å²) in [6, 6.07) is 5.11. The Kier molecular flexibility index (Phi) is 5.61. The second-order valence-corrected chi connectivity index (χ2v) is 7.21. The molecule has 0 heterocycles. The summed E-state index contributed by atoms with van der Waals surface area (Å²) in [5, 5.41) is 4.04. The van der Waals surface area contributed by atoms with Crippen LogP contribution in [0, 0.1) is 5.92 Å². The van der Waals surface area contributed by atoms with Crippen LogP contribution in [0.1, 0.15) is 32.6 Å². The van der Waals surface area contributed by atoms with Crippen molar-refractivity contribution in [1.82, 2.24) is 0 Å². The van der Waals surface area contributed by atoms with Crippen LogP contribution in [-0.4, -0.2) is 16.9 Å². The lowest BCUT2D eigenvalue weighted by atomic mass is 9.91. The lowest BCUT2D eigenvalue weighted by molar-refractivity contribution is -0.113. The second-order valence-electron chi connectivity index (χ2n) is 5.48. The number of halogens is 1. The molecule has 1 aromatic rings. The van der Waals surface area contributed by atoms with Crippen molar-refractivity contribution in [2.75, 3.05) is 16.8 Å². The van der Waals surface area contributed by atoms with Crippen molar-refractivity contribution in [3.05, 3.63) is 23.2 Å². The van der Waals surface area contributed by atoms with Gasteiger partial charge in [-0.05, 0) is 37.0 Å². The molecule has 0 bridgehead atoms. The summed E-state index contributed by atoms with van der Waals surface area (Å²) in [6.45, 7) is 2.29. The first-order valence-electron chi connectivity index (χ1n) is 7.01. The van der Waals surface area contributed by atoms with Gasteiger partial charge in [0.25, 0.3) is 0 Å². The van der Waals surface area contributed by atoms with Crippen molar-refractivity contribution in [3.63, 3.8) is 0 Å². The third-order valence-corrected chi connectivity index (χ3v) is 5.19. The monoisotopic (exact) mass is 312 g/mol. The molecular weight excluding hydrogens is 292 g/mol. The summed E-state index contributed by atoms with van der Waals surface area (Å²) in [4.78, 5) is 12.0. The van der Waals surface area contributed by atoms with E-state index in [9.17, 15) is 4.79 Å². The summed E-state index contributed by atoms with van der Waals surface area (Å²) in [5.74, 6) is 1.28. The molecule has 1 amide bonds. The standard InChI is InChI=1S/C15H21ClN2OS/c1-10-3-2-4-12(7-10)20-9-15(19)18-14-6-5-11(16)8-13(14)17/h5-6,8,10,12H,2-4,7,9,17H2,1H3,(H,18,19). The molecule has 1 saturated carbocycles. The van der Waals surface area contributed by atoms with E-state index in [2.05, 4.69) is 12.2 Å². The van der Waals surface area contributed by atoms with E-state index in [1.807, 2.05) is 0 Å². The third kappa shape index (κ3) is 4.60. The molecule has 1 fully saturated rings. The van der Waals surface area contributed by atoms with Gasteiger partial charge < -0.3 is 11.1 Å². The Hall–Kier alpha value is -0.870. The summed E-state index contributed by atoms with van der Waals surface area (Å²) in [7, 11) is 0. The molecule has 2 unspecified atom stereocenters. The van der Waals surface area contributed by atoms with Crippen molar-refractivity contribution in [2.24, 2.45) is 5.92 Å². The predicted molar refractivity (Wildman–Crippen MR) is 88.4 cm³/mol. The first kappa shape index (κ1) is 15.5. The lowest BCUT2D eigenvalue weighted by Gasteiger charge is -2.25. The average molecular weight is 313 g/mol. The maximum atomic E-state index is 12.0. The maximum Gasteiger partial charge on any atom is 0.234 e. The van der Waals surface area contributed by atoms with Crippen molar-refractivity contribution in [1.29, 1.82) is 0 Å². The smallest absolute Gasteiger partial charge is 0.234 e. The highest BCUT2D eigenvalue weighted by Gasteiger charge is 2.20. The summed E-state index contributed by atoms with van der Waals surface area (Å²) < 4.78 is 0. The number of anilines is 2. The zero-order valence-corrected chi connectivity index (χ0v) is 13.3. The molecule has 2 atom stereocenters. The molecule has 5 heteroatoms. The van der Waals surface area contributed by atoms with Crippen LogP contribution in [0.15, 0.2) is 18.2 Å². The number of benzene rings is 1. The minimum absolute atomic E-state index is 0.00208. The molecule has 1 aliphatic rings. The minimum Gasteiger partial charge on any atom is -0.397 e. The van der Waals surface area contributed by atoms with E-state index >= 15 is 0 Å². The first-order chi connectivity index (χ1) is 9.54. The van der Waals surface area contributed by atoms with Gasteiger partial charge in [-0.3, -0.25) is 4.79 Å². The summed E-state index contributed by atoms with van der Waals surface area (Å²) in [5.41, 5.74) is 6.96. The van der Waals surface area contributed by atoms with Crippen molar-refractivity contribution in [3.8, 4) is 0 Å². The third-order valence-electron chi connectivity index (χ3n) is 3.63. The van der Waals surface area contributed by atoms with Crippen LogP contribution in [0.5, 0.6) is 0 Å².